The minimum Gasteiger partial charge on any atom is -0.394 e. The predicted octanol–water partition coefficient (Wildman–Crippen LogP) is 2.93. The van der Waals surface area contributed by atoms with Gasteiger partial charge in [-0.2, -0.15) is 0 Å². The molecule has 0 aromatic heterocycles. The molecule has 1 amide bonds. The number of nitrogens with zero attached hydrogens (tertiary/aromatic N) is 1. The van der Waals surface area contributed by atoms with Crippen LogP contribution in [0.1, 0.15) is 42.9 Å². The number of aliphatic hydroxyl groups excluding tert-OH is 1. The number of carbonyl (C=O) groups is 1. The minimum absolute atomic E-state index is 0.0796. The van der Waals surface area contributed by atoms with Crippen LogP contribution in [-0.2, 0) is 11.2 Å². The van der Waals surface area contributed by atoms with E-state index in [0.717, 1.165) is 17.5 Å². The van der Waals surface area contributed by atoms with Crippen molar-refractivity contribution >= 4 is 5.91 Å². The normalized spacial score (nSPS) is 24.9. The van der Waals surface area contributed by atoms with Crippen LogP contribution in [0.25, 0.3) is 0 Å². The predicted molar refractivity (Wildman–Crippen MR) is 78.6 cm³/mol. The molecular weight excluding hydrogens is 288 g/mol. The number of alkyl halides is 2. The van der Waals surface area contributed by atoms with E-state index in [1.165, 1.54) is 0 Å². The van der Waals surface area contributed by atoms with Crippen LogP contribution < -0.4 is 0 Å². The van der Waals surface area contributed by atoms with Crippen molar-refractivity contribution < 1.29 is 18.7 Å². The largest absolute Gasteiger partial charge is 0.394 e. The highest BCUT2D eigenvalue weighted by Crippen LogP contribution is 2.38. The molecule has 1 heterocycles. The van der Waals surface area contributed by atoms with E-state index in [1.54, 1.807) is 4.90 Å². The van der Waals surface area contributed by atoms with Crippen LogP contribution in [0.3, 0.4) is 0 Å². The van der Waals surface area contributed by atoms with Gasteiger partial charge in [-0.1, -0.05) is 24.3 Å². The summed E-state index contributed by atoms with van der Waals surface area (Å²) in [4.78, 5) is 14.4. The van der Waals surface area contributed by atoms with Crippen molar-refractivity contribution in [2.75, 3.05) is 13.2 Å². The summed E-state index contributed by atoms with van der Waals surface area (Å²) < 4.78 is 26.5. The average Bonchev–Trinajstić information content (AvgIpc) is 2.53. The van der Waals surface area contributed by atoms with Crippen molar-refractivity contribution in [1.29, 1.82) is 0 Å². The number of carbonyl (C=O) groups excluding carboxylic acids is 1. The summed E-state index contributed by atoms with van der Waals surface area (Å²) in [7, 11) is 0. The zero-order valence-corrected chi connectivity index (χ0v) is 12.5. The van der Waals surface area contributed by atoms with Gasteiger partial charge in [-0.15, -0.1) is 0 Å². The third-order valence-electron chi connectivity index (χ3n) is 4.93. The zero-order valence-electron chi connectivity index (χ0n) is 12.5. The Morgan fingerprint density at radius 3 is 2.64 bits per heavy atom. The average molecular weight is 309 g/mol. The molecule has 1 aliphatic heterocycles. The molecule has 0 spiro atoms. The van der Waals surface area contributed by atoms with E-state index in [9.17, 15) is 18.7 Å². The summed E-state index contributed by atoms with van der Waals surface area (Å²) in [5.74, 6) is -3.04. The fourth-order valence-corrected chi connectivity index (χ4v) is 3.63. The quantitative estimate of drug-likeness (QED) is 0.912. The molecule has 5 heteroatoms. The van der Waals surface area contributed by atoms with E-state index < -0.39 is 5.92 Å². The lowest BCUT2D eigenvalue weighted by molar-refractivity contribution is -0.143. The SMILES string of the molecule is O=C(C1CCC(F)(F)CC1)N1CCc2ccccc2[C@@H]1CO. The van der Waals surface area contributed by atoms with Gasteiger partial charge in [0.25, 0.3) is 0 Å². The van der Waals surface area contributed by atoms with Crippen molar-refractivity contribution in [1.82, 2.24) is 4.90 Å². The highest BCUT2D eigenvalue weighted by atomic mass is 19.3. The second-order valence-corrected chi connectivity index (χ2v) is 6.31. The smallest absolute Gasteiger partial charge is 0.248 e. The first kappa shape index (κ1) is 15.4. The standard InChI is InChI=1S/C17H21F2NO2/c18-17(19)8-5-13(6-9-17)16(22)20-10-7-12-3-1-2-4-14(12)15(20)11-21/h1-4,13,15,21H,5-11H2/t15-/m0/s1. The fraction of sp³-hybridized carbons (Fsp3) is 0.588. The number of hydrogen-bond donors (Lipinski definition) is 1. The van der Waals surface area contributed by atoms with Crippen molar-refractivity contribution in [3.05, 3.63) is 35.4 Å². The van der Waals surface area contributed by atoms with Crippen LogP contribution in [-0.4, -0.2) is 35.0 Å². The van der Waals surface area contributed by atoms with Gasteiger partial charge in [0.05, 0.1) is 12.6 Å². The Kier molecular flexibility index (Phi) is 4.17. The summed E-state index contributed by atoms with van der Waals surface area (Å²) in [6.45, 7) is 0.416. The third kappa shape index (κ3) is 2.86. The molecule has 22 heavy (non-hydrogen) atoms. The molecule has 1 aromatic carbocycles. The lowest BCUT2D eigenvalue weighted by atomic mass is 9.84. The second kappa shape index (κ2) is 5.95. The fourth-order valence-electron chi connectivity index (χ4n) is 3.63. The molecule has 3 rings (SSSR count). The van der Waals surface area contributed by atoms with E-state index in [2.05, 4.69) is 0 Å². The van der Waals surface area contributed by atoms with Gasteiger partial charge < -0.3 is 10.0 Å². The molecular formula is C17H21F2NO2. The molecule has 120 valence electrons. The Morgan fingerprint density at radius 1 is 1.27 bits per heavy atom. The number of rotatable bonds is 2. The van der Waals surface area contributed by atoms with Gasteiger partial charge >= 0.3 is 0 Å². The topological polar surface area (TPSA) is 40.5 Å². The van der Waals surface area contributed by atoms with E-state index in [-0.39, 0.29) is 50.2 Å². The Morgan fingerprint density at radius 2 is 1.95 bits per heavy atom. The summed E-state index contributed by atoms with van der Waals surface area (Å²) in [5.41, 5.74) is 2.13. The number of benzene rings is 1. The Labute approximate surface area is 128 Å². The molecule has 0 saturated heterocycles. The molecule has 3 nitrogen and oxygen atoms in total. The lowest BCUT2D eigenvalue weighted by Crippen LogP contribution is -2.45. The van der Waals surface area contributed by atoms with Crippen LogP contribution in [0.4, 0.5) is 8.78 Å². The molecule has 1 aliphatic carbocycles. The Hall–Kier alpha value is -1.49. The molecule has 1 aromatic rings. The third-order valence-corrected chi connectivity index (χ3v) is 4.93. The van der Waals surface area contributed by atoms with E-state index in [1.807, 2.05) is 24.3 Å². The van der Waals surface area contributed by atoms with Gasteiger partial charge in [-0.3, -0.25) is 4.79 Å². The summed E-state index contributed by atoms with van der Waals surface area (Å²) in [5, 5.41) is 9.72. The maximum atomic E-state index is 13.3. The maximum Gasteiger partial charge on any atom is 0.248 e. The van der Waals surface area contributed by atoms with Crippen molar-refractivity contribution in [2.45, 2.75) is 44.1 Å². The minimum atomic E-state index is -2.62. The first-order valence-electron chi connectivity index (χ1n) is 7.89. The lowest BCUT2D eigenvalue weighted by Gasteiger charge is -2.39. The molecule has 0 bridgehead atoms. The van der Waals surface area contributed by atoms with Crippen LogP contribution in [0.2, 0.25) is 0 Å². The molecule has 0 radical (unpaired) electrons. The summed E-state index contributed by atoms with van der Waals surface area (Å²) in [6.07, 6.45) is 0.806. The Bertz CT molecular complexity index is 551. The first-order valence-corrected chi connectivity index (χ1v) is 7.89. The van der Waals surface area contributed by atoms with Gasteiger partial charge in [0.2, 0.25) is 11.8 Å². The van der Waals surface area contributed by atoms with Crippen LogP contribution in [0, 0.1) is 5.92 Å². The van der Waals surface area contributed by atoms with E-state index >= 15 is 0 Å². The molecule has 1 N–H and O–H groups in total. The first-order chi connectivity index (χ1) is 10.5. The summed E-state index contributed by atoms with van der Waals surface area (Å²) >= 11 is 0. The number of hydrogen-bond acceptors (Lipinski definition) is 2. The number of aliphatic hydroxyl groups is 1. The second-order valence-electron chi connectivity index (χ2n) is 6.31. The van der Waals surface area contributed by atoms with Crippen molar-refractivity contribution in [3.63, 3.8) is 0 Å². The van der Waals surface area contributed by atoms with Gasteiger partial charge in [0.1, 0.15) is 0 Å². The molecule has 1 fully saturated rings. The van der Waals surface area contributed by atoms with Crippen molar-refractivity contribution in [3.8, 4) is 0 Å². The van der Waals surface area contributed by atoms with Crippen LogP contribution in [0.5, 0.6) is 0 Å². The monoisotopic (exact) mass is 309 g/mol. The van der Waals surface area contributed by atoms with Gasteiger partial charge in [0, 0.05) is 25.3 Å². The van der Waals surface area contributed by atoms with Gasteiger partial charge in [-0.05, 0) is 30.4 Å². The Balaban J connectivity index is 1.76. The number of amides is 1. The molecule has 1 saturated carbocycles. The van der Waals surface area contributed by atoms with E-state index in [0.29, 0.717) is 6.54 Å². The van der Waals surface area contributed by atoms with Crippen LogP contribution >= 0.6 is 0 Å². The number of fused-ring (bicyclic) bond motifs is 1. The zero-order chi connectivity index (χ0) is 15.7. The summed E-state index contributed by atoms with van der Waals surface area (Å²) in [6, 6.07) is 7.45. The highest BCUT2D eigenvalue weighted by Gasteiger charge is 2.40. The molecule has 2 aliphatic rings. The van der Waals surface area contributed by atoms with E-state index in [4.69, 9.17) is 0 Å². The molecule has 0 unspecified atom stereocenters. The van der Waals surface area contributed by atoms with Gasteiger partial charge in [0.15, 0.2) is 0 Å². The van der Waals surface area contributed by atoms with Gasteiger partial charge in [-0.25, -0.2) is 8.78 Å². The highest BCUT2D eigenvalue weighted by molar-refractivity contribution is 5.80. The molecule has 1 atom stereocenters. The maximum absolute atomic E-state index is 13.3. The number of halogens is 2. The van der Waals surface area contributed by atoms with Crippen LogP contribution in [0.15, 0.2) is 24.3 Å². The van der Waals surface area contributed by atoms with Crippen molar-refractivity contribution in [2.24, 2.45) is 5.92 Å².